The molecule has 4 nitrogen and oxygen atoms in total. The van der Waals surface area contributed by atoms with Gasteiger partial charge in [0.15, 0.2) is 5.82 Å². The third kappa shape index (κ3) is 2.64. The van der Waals surface area contributed by atoms with Gasteiger partial charge in [0.2, 0.25) is 5.95 Å². The predicted molar refractivity (Wildman–Crippen MR) is 92.3 cm³/mol. The highest BCUT2D eigenvalue weighted by Crippen LogP contribution is 2.30. The first-order valence-corrected chi connectivity index (χ1v) is 8.13. The van der Waals surface area contributed by atoms with E-state index in [4.69, 9.17) is 0 Å². The Hall–Kier alpha value is -2.14. The molecule has 3 rings (SSSR count). The Morgan fingerprint density at radius 1 is 1.09 bits per heavy atom. The van der Waals surface area contributed by atoms with Crippen molar-refractivity contribution in [3.63, 3.8) is 0 Å². The molecule has 2 heterocycles. The number of hydrogen-bond acceptors (Lipinski definition) is 4. The van der Waals surface area contributed by atoms with E-state index in [1.807, 2.05) is 13.1 Å². The molecule has 0 bridgehead atoms. The molecule has 1 aromatic carbocycles. The number of anilines is 1. The van der Waals surface area contributed by atoms with Gasteiger partial charge in [0, 0.05) is 19.0 Å². The van der Waals surface area contributed by atoms with Crippen LogP contribution in [0.1, 0.15) is 23.4 Å². The Balaban J connectivity index is 1.91. The molecule has 0 aliphatic heterocycles. The lowest BCUT2D eigenvalue weighted by atomic mass is 10.1. The Bertz CT molecular complexity index is 760. The minimum Gasteiger partial charge on any atom is -0.337 e. The number of thiophene rings is 1. The molecule has 0 aliphatic carbocycles. The van der Waals surface area contributed by atoms with Gasteiger partial charge in [-0.1, -0.05) is 30.3 Å². The molecule has 0 saturated heterocycles. The molecule has 0 spiro atoms. The molecule has 0 N–H and O–H groups in total. The highest BCUT2D eigenvalue weighted by atomic mass is 32.1. The average molecular weight is 312 g/mol. The molecule has 0 unspecified atom stereocenters. The van der Waals surface area contributed by atoms with Gasteiger partial charge in [-0.05, 0) is 31.5 Å². The van der Waals surface area contributed by atoms with E-state index in [9.17, 15) is 0 Å². The summed E-state index contributed by atoms with van der Waals surface area (Å²) in [6.45, 7) is 4.29. The fraction of sp³-hybridized carbons (Fsp3) is 0.294. The van der Waals surface area contributed by atoms with E-state index < -0.39 is 0 Å². The summed E-state index contributed by atoms with van der Waals surface area (Å²) in [6.07, 6.45) is 0. The summed E-state index contributed by atoms with van der Waals surface area (Å²) in [7, 11) is 4.08. The molecule has 1 atom stereocenters. The summed E-state index contributed by atoms with van der Waals surface area (Å²) >= 11 is 1.74. The Morgan fingerprint density at radius 3 is 2.45 bits per heavy atom. The zero-order valence-corrected chi connectivity index (χ0v) is 14.1. The average Bonchev–Trinajstić information content (AvgIpc) is 3.12. The summed E-state index contributed by atoms with van der Waals surface area (Å²) in [5.74, 6) is 1.79. The van der Waals surface area contributed by atoms with E-state index in [0.717, 1.165) is 16.6 Å². The predicted octanol–water partition coefficient (Wildman–Crippen LogP) is 4.05. The fourth-order valence-electron chi connectivity index (χ4n) is 2.53. The maximum absolute atomic E-state index is 4.39. The minimum atomic E-state index is 0.238. The van der Waals surface area contributed by atoms with Crippen molar-refractivity contribution in [2.24, 2.45) is 7.05 Å². The van der Waals surface area contributed by atoms with Crippen LogP contribution in [0, 0.1) is 6.92 Å². The van der Waals surface area contributed by atoms with Crippen molar-refractivity contribution in [1.82, 2.24) is 14.8 Å². The molecule has 0 radical (unpaired) electrons. The maximum atomic E-state index is 4.39. The number of nitrogens with zero attached hydrogens (tertiary/aromatic N) is 4. The van der Waals surface area contributed by atoms with E-state index in [0.29, 0.717) is 0 Å². The molecule has 0 aliphatic rings. The quantitative estimate of drug-likeness (QED) is 0.729. The smallest absolute Gasteiger partial charge is 0.227 e. The summed E-state index contributed by atoms with van der Waals surface area (Å²) in [5, 5.41) is 8.77. The fourth-order valence-corrected chi connectivity index (χ4v) is 3.41. The molecule has 2 aromatic heterocycles. The number of aryl methyl sites for hydroxylation is 1. The van der Waals surface area contributed by atoms with E-state index >= 15 is 0 Å². The van der Waals surface area contributed by atoms with Crippen molar-refractivity contribution in [2.45, 2.75) is 19.9 Å². The molecular formula is C17H20N4S. The summed E-state index contributed by atoms with van der Waals surface area (Å²) in [4.78, 5) is 4.59. The Labute approximate surface area is 135 Å². The van der Waals surface area contributed by atoms with E-state index in [1.165, 1.54) is 10.4 Å². The third-order valence-corrected chi connectivity index (χ3v) is 4.99. The molecule has 3 aromatic rings. The lowest BCUT2D eigenvalue weighted by molar-refractivity contribution is 0.695. The molecule has 5 heteroatoms. The van der Waals surface area contributed by atoms with Gasteiger partial charge in [-0.15, -0.1) is 21.5 Å². The first-order chi connectivity index (χ1) is 10.6. The Morgan fingerprint density at radius 2 is 1.82 bits per heavy atom. The van der Waals surface area contributed by atoms with Crippen molar-refractivity contribution < 1.29 is 0 Å². The van der Waals surface area contributed by atoms with Crippen LogP contribution in [0.5, 0.6) is 0 Å². The van der Waals surface area contributed by atoms with Gasteiger partial charge in [0.1, 0.15) is 0 Å². The van der Waals surface area contributed by atoms with Crippen molar-refractivity contribution in [2.75, 3.05) is 11.9 Å². The third-order valence-electron chi connectivity index (χ3n) is 3.99. The van der Waals surface area contributed by atoms with E-state index in [2.05, 4.69) is 77.0 Å². The highest BCUT2D eigenvalue weighted by molar-refractivity contribution is 7.15. The van der Waals surface area contributed by atoms with Crippen LogP contribution in [0.25, 0.3) is 10.7 Å². The van der Waals surface area contributed by atoms with Gasteiger partial charge in [-0.3, -0.25) is 4.57 Å². The zero-order chi connectivity index (χ0) is 15.7. The van der Waals surface area contributed by atoms with Crippen LogP contribution in [-0.2, 0) is 7.05 Å². The van der Waals surface area contributed by atoms with E-state index in [1.54, 1.807) is 11.3 Å². The monoisotopic (exact) mass is 312 g/mol. The summed E-state index contributed by atoms with van der Waals surface area (Å²) in [5.41, 5.74) is 1.27. The second kappa shape index (κ2) is 5.93. The maximum Gasteiger partial charge on any atom is 0.227 e. The number of rotatable bonds is 4. The lowest BCUT2D eigenvalue weighted by Crippen LogP contribution is -2.24. The standard InChI is InChI=1S/C17H20N4S/c1-12-10-11-15(22-12)16-18-19-17(21(16)4)20(3)13(2)14-8-6-5-7-9-14/h5-11,13H,1-4H3/t13-/m1/s1. The van der Waals surface area contributed by atoms with Crippen LogP contribution >= 0.6 is 11.3 Å². The van der Waals surface area contributed by atoms with Crippen LogP contribution in [0.15, 0.2) is 42.5 Å². The van der Waals surface area contributed by atoms with Gasteiger partial charge >= 0.3 is 0 Å². The van der Waals surface area contributed by atoms with Crippen LogP contribution in [-0.4, -0.2) is 21.8 Å². The molecule has 114 valence electrons. The second-order valence-electron chi connectivity index (χ2n) is 5.49. The van der Waals surface area contributed by atoms with Gasteiger partial charge in [-0.2, -0.15) is 0 Å². The van der Waals surface area contributed by atoms with Crippen molar-refractivity contribution >= 4 is 17.3 Å². The van der Waals surface area contributed by atoms with Crippen LogP contribution in [0.2, 0.25) is 0 Å². The van der Waals surface area contributed by atoms with Crippen molar-refractivity contribution in [1.29, 1.82) is 0 Å². The van der Waals surface area contributed by atoms with E-state index in [-0.39, 0.29) is 6.04 Å². The highest BCUT2D eigenvalue weighted by Gasteiger charge is 2.19. The zero-order valence-electron chi connectivity index (χ0n) is 13.3. The first-order valence-electron chi connectivity index (χ1n) is 7.32. The SMILES string of the molecule is Cc1ccc(-c2nnc(N(C)[C@H](C)c3ccccc3)n2C)s1. The van der Waals surface area contributed by atoms with Crippen molar-refractivity contribution in [3.05, 3.63) is 52.9 Å². The first kappa shape index (κ1) is 14.8. The largest absolute Gasteiger partial charge is 0.337 e. The van der Waals surface area contributed by atoms with Crippen LogP contribution in [0.3, 0.4) is 0 Å². The molecular weight excluding hydrogens is 292 g/mol. The molecule has 0 fully saturated rings. The van der Waals surface area contributed by atoms with Crippen LogP contribution in [0.4, 0.5) is 5.95 Å². The topological polar surface area (TPSA) is 34.0 Å². The lowest BCUT2D eigenvalue weighted by Gasteiger charge is -2.25. The van der Waals surface area contributed by atoms with Gasteiger partial charge in [-0.25, -0.2) is 0 Å². The van der Waals surface area contributed by atoms with Gasteiger partial charge < -0.3 is 4.90 Å². The number of aromatic nitrogens is 3. The summed E-state index contributed by atoms with van der Waals surface area (Å²) < 4.78 is 2.06. The minimum absolute atomic E-state index is 0.238. The molecule has 0 amide bonds. The van der Waals surface area contributed by atoms with Crippen LogP contribution < -0.4 is 4.90 Å². The number of benzene rings is 1. The van der Waals surface area contributed by atoms with Gasteiger partial charge in [0.25, 0.3) is 0 Å². The molecule has 22 heavy (non-hydrogen) atoms. The van der Waals surface area contributed by atoms with Gasteiger partial charge in [0.05, 0.1) is 10.9 Å². The molecule has 0 saturated carbocycles. The number of hydrogen-bond donors (Lipinski definition) is 0. The second-order valence-corrected chi connectivity index (χ2v) is 6.78. The Kier molecular flexibility index (Phi) is 3.98. The summed E-state index contributed by atoms with van der Waals surface area (Å²) in [6, 6.07) is 14.9. The van der Waals surface area contributed by atoms with Crippen molar-refractivity contribution in [3.8, 4) is 10.7 Å². The normalized spacial score (nSPS) is 12.4.